The van der Waals surface area contributed by atoms with E-state index in [0.717, 1.165) is 0 Å². The van der Waals surface area contributed by atoms with Crippen molar-refractivity contribution in [3.05, 3.63) is 18.3 Å². The molecule has 1 aromatic heterocycles. The molecule has 0 aliphatic carbocycles. The summed E-state index contributed by atoms with van der Waals surface area (Å²) in [6.45, 7) is 6.81. The van der Waals surface area contributed by atoms with Gasteiger partial charge in [-0.05, 0) is 32.9 Å². The van der Waals surface area contributed by atoms with Crippen molar-refractivity contribution in [2.24, 2.45) is 0 Å². The van der Waals surface area contributed by atoms with E-state index < -0.39 is 5.60 Å². The molecular weight excluding hydrogens is 352 g/mol. The summed E-state index contributed by atoms with van der Waals surface area (Å²) >= 11 is 0. The van der Waals surface area contributed by atoms with Crippen LogP contribution in [0.15, 0.2) is 18.3 Å². The minimum atomic E-state index is -0.554. The number of carbonyl (C=O) groups excluding carboxylic acids is 3. The van der Waals surface area contributed by atoms with Crippen LogP contribution in [0, 0.1) is 0 Å². The van der Waals surface area contributed by atoms with Crippen molar-refractivity contribution in [2.75, 3.05) is 44.2 Å². The monoisotopic (exact) mass is 376 g/mol. The molecule has 146 valence electrons. The average molecular weight is 376 g/mol. The molecule has 3 heterocycles. The second-order valence-electron chi connectivity index (χ2n) is 7.44. The number of aromatic nitrogens is 1. The van der Waals surface area contributed by atoms with Crippen LogP contribution in [0.1, 0.15) is 20.8 Å². The number of rotatable bonds is 2. The maximum absolute atomic E-state index is 12.7. The zero-order chi connectivity index (χ0) is 19.6. The fraction of sp³-hybridized carbons (Fsp3) is 0.556. The number of anilines is 1. The van der Waals surface area contributed by atoms with E-state index >= 15 is 0 Å². The number of ether oxygens (including phenoxy) is 2. The molecule has 9 heteroatoms. The van der Waals surface area contributed by atoms with E-state index in [1.807, 2.05) is 20.8 Å². The van der Waals surface area contributed by atoms with Crippen LogP contribution in [0.25, 0.3) is 0 Å². The van der Waals surface area contributed by atoms with E-state index in [1.54, 1.807) is 28.1 Å². The summed E-state index contributed by atoms with van der Waals surface area (Å²) in [5.74, 6) is 0.349. The average Bonchev–Trinajstić information content (AvgIpc) is 2.62. The normalized spacial score (nSPS) is 17.3. The summed E-state index contributed by atoms with van der Waals surface area (Å²) < 4.78 is 10.7. The summed E-state index contributed by atoms with van der Waals surface area (Å²) in [7, 11) is 0. The number of fused-ring (bicyclic) bond motifs is 1. The van der Waals surface area contributed by atoms with Crippen molar-refractivity contribution >= 4 is 23.7 Å². The molecule has 0 N–H and O–H groups in total. The van der Waals surface area contributed by atoms with Gasteiger partial charge in [-0.1, -0.05) is 0 Å². The van der Waals surface area contributed by atoms with E-state index in [1.165, 1.54) is 4.90 Å². The molecule has 1 saturated heterocycles. The molecule has 9 nitrogen and oxygen atoms in total. The molecular formula is C18H24N4O5. The maximum Gasteiger partial charge on any atom is 0.410 e. The lowest BCUT2D eigenvalue weighted by molar-refractivity contribution is -0.133. The summed E-state index contributed by atoms with van der Waals surface area (Å²) in [5, 5.41) is 0. The van der Waals surface area contributed by atoms with Gasteiger partial charge in [0.15, 0.2) is 18.2 Å². The number of nitrogens with zero attached hydrogens (tertiary/aromatic N) is 4. The van der Waals surface area contributed by atoms with Gasteiger partial charge in [-0.2, -0.15) is 0 Å². The largest absolute Gasteiger partial charge is 0.480 e. The number of hydrogen-bond acceptors (Lipinski definition) is 6. The molecule has 2 aliphatic rings. The molecule has 0 atom stereocenters. The van der Waals surface area contributed by atoms with Gasteiger partial charge in [0.25, 0.3) is 5.91 Å². The Morgan fingerprint density at radius 3 is 2.52 bits per heavy atom. The molecule has 0 radical (unpaired) electrons. The summed E-state index contributed by atoms with van der Waals surface area (Å²) in [6, 6.07) is 3.43. The molecule has 1 fully saturated rings. The Bertz CT molecular complexity index is 738. The molecule has 0 bridgehead atoms. The Kier molecular flexibility index (Phi) is 5.20. The van der Waals surface area contributed by atoms with Crippen LogP contribution in [-0.2, 0) is 14.3 Å². The summed E-state index contributed by atoms with van der Waals surface area (Å²) in [4.78, 5) is 45.7. The van der Waals surface area contributed by atoms with Crippen LogP contribution in [-0.4, -0.2) is 77.6 Å². The molecule has 0 aromatic carbocycles. The van der Waals surface area contributed by atoms with Gasteiger partial charge >= 0.3 is 6.09 Å². The fourth-order valence-corrected chi connectivity index (χ4v) is 2.90. The van der Waals surface area contributed by atoms with Gasteiger partial charge in [-0.15, -0.1) is 0 Å². The lowest BCUT2D eigenvalue weighted by Crippen LogP contribution is -2.54. The Labute approximate surface area is 157 Å². The summed E-state index contributed by atoms with van der Waals surface area (Å²) in [6.07, 6.45) is 1.17. The number of pyridine rings is 1. The van der Waals surface area contributed by atoms with Crippen LogP contribution in [0.5, 0.6) is 5.75 Å². The lowest BCUT2D eigenvalue weighted by Gasteiger charge is -2.36. The Hall–Kier alpha value is -2.84. The second kappa shape index (κ2) is 7.42. The van der Waals surface area contributed by atoms with Crippen LogP contribution < -0.4 is 9.64 Å². The van der Waals surface area contributed by atoms with Crippen LogP contribution in [0.3, 0.4) is 0 Å². The predicted molar refractivity (Wildman–Crippen MR) is 96.5 cm³/mol. The first-order valence-electron chi connectivity index (χ1n) is 8.88. The smallest absolute Gasteiger partial charge is 0.410 e. The van der Waals surface area contributed by atoms with Crippen molar-refractivity contribution in [1.29, 1.82) is 0 Å². The molecule has 3 amide bonds. The second-order valence-corrected chi connectivity index (χ2v) is 7.44. The van der Waals surface area contributed by atoms with E-state index in [9.17, 15) is 14.4 Å². The predicted octanol–water partition coefficient (Wildman–Crippen LogP) is 0.886. The van der Waals surface area contributed by atoms with Gasteiger partial charge < -0.3 is 19.3 Å². The first kappa shape index (κ1) is 18.9. The van der Waals surface area contributed by atoms with Crippen LogP contribution in [0.2, 0.25) is 0 Å². The zero-order valence-corrected chi connectivity index (χ0v) is 15.8. The molecule has 27 heavy (non-hydrogen) atoms. The number of piperazine rings is 1. The van der Waals surface area contributed by atoms with Crippen molar-refractivity contribution in [3.63, 3.8) is 0 Å². The molecule has 0 saturated carbocycles. The highest BCUT2D eigenvalue weighted by Gasteiger charge is 2.32. The van der Waals surface area contributed by atoms with Crippen molar-refractivity contribution in [3.8, 4) is 5.75 Å². The number of carbonyl (C=O) groups is 3. The highest BCUT2D eigenvalue weighted by molar-refractivity contribution is 6.01. The number of hydrogen-bond donors (Lipinski definition) is 0. The molecule has 2 aliphatic heterocycles. The minimum absolute atomic E-state index is 0.0986. The van der Waals surface area contributed by atoms with Crippen LogP contribution in [0.4, 0.5) is 10.6 Å². The summed E-state index contributed by atoms with van der Waals surface area (Å²) in [5.41, 5.74) is -0.554. The number of amides is 3. The topological polar surface area (TPSA) is 92.3 Å². The fourth-order valence-electron chi connectivity index (χ4n) is 2.90. The molecule has 0 unspecified atom stereocenters. The first-order chi connectivity index (χ1) is 12.7. The Morgan fingerprint density at radius 2 is 1.85 bits per heavy atom. The van der Waals surface area contributed by atoms with Crippen molar-refractivity contribution < 1.29 is 23.9 Å². The maximum atomic E-state index is 12.7. The van der Waals surface area contributed by atoms with Crippen molar-refractivity contribution in [2.45, 2.75) is 26.4 Å². The van der Waals surface area contributed by atoms with Crippen LogP contribution >= 0.6 is 0 Å². The van der Waals surface area contributed by atoms with E-state index in [-0.39, 0.29) is 31.1 Å². The molecule has 1 aromatic rings. The van der Waals surface area contributed by atoms with Crippen molar-refractivity contribution in [1.82, 2.24) is 14.8 Å². The third-order valence-corrected chi connectivity index (χ3v) is 4.24. The van der Waals surface area contributed by atoms with E-state index in [0.29, 0.717) is 37.7 Å². The SMILES string of the molecule is CC(C)(C)OC(=O)N1CCN(C(=O)CN2C(=O)COc3cccnc32)CC1. The van der Waals surface area contributed by atoms with E-state index in [4.69, 9.17) is 9.47 Å². The van der Waals surface area contributed by atoms with Gasteiger partial charge in [0, 0.05) is 32.4 Å². The van der Waals surface area contributed by atoms with Gasteiger partial charge in [0.05, 0.1) is 0 Å². The molecule has 3 rings (SSSR count). The Balaban J connectivity index is 1.57. The first-order valence-corrected chi connectivity index (χ1v) is 8.88. The van der Waals surface area contributed by atoms with Gasteiger partial charge in [0.1, 0.15) is 12.1 Å². The highest BCUT2D eigenvalue weighted by atomic mass is 16.6. The third-order valence-electron chi connectivity index (χ3n) is 4.24. The standard InChI is InChI=1S/C18H24N4O5/c1-18(2,3)27-17(25)21-9-7-20(8-10-21)14(23)11-22-15(24)12-26-13-5-4-6-19-16(13)22/h4-6H,7-12H2,1-3H3. The van der Waals surface area contributed by atoms with Gasteiger partial charge in [0.2, 0.25) is 5.91 Å². The Morgan fingerprint density at radius 1 is 1.19 bits per heavy atom. The minimum Gasteiger partial charge on any atom is -0.480 e. The lowest BCUT2D eigenvalue weighted by atomic mass is 10.2. The highest BCUT2D eigenvalue weighted by Crippen LogP contribution is 2.28. The quantitative estimate of drug-likeness (QED) is 0.761. The third kappa shape index (κ3) is 4.47. The molecule has 0 spiro atoms. The zero-order valence-electron chi connectivity index (χ0n) is 15.8. The van der Waals surface area contributed by atoms with Gasteiger partial charge in [-0.3, -0.25) is 14.5 Å². The van der Waals surface area contributed by atoms with Gasteiger partial charge in [-0.25, -0.2) is 9.78 Å². The van der Waals surface area contributed by atoms with E-state index in [2.05, 4.69) is 4.98 Å².